The maximum absolute atomic E-state index is 13.1. The predicted molar refractivity (Wildman–Crippen MR) is 72.3 cm³/mol. The van der Waals surface area contributed by atoms with E-state index in [2.05, 4.69) is 0 Å². The fraction of sp³-hybridized carbons (Fsp3) is 0.143. The predicted octanol–water partition coefficient (Wildman–Crippen LogP) is 2.12. The normalized spacial score (nSPS) is 10.1. The van der Waals surface area contributed by atoms with E-state index in [0.29, 0.717) is 5.56 Å². The third-order valence-electron chi connectivity index (χ3n) is 3.03. The lowest BCUT2D eigenvalue weighted by atomic mass is 10.1. The van der Waals surface area contributed by atoms with E-state index in [1.54, 1.807) is 0 Å². The van der Waals surface area contributed by atoms with Crippen LogP contribution in [0.4, 0.5) is 10.1 Å². The molecule has 0 radical (unpaired) electrons. The third-order valence-corrected chi connectivity index (χ3v) is 3.03. The smallest absolute Gasteiger partial charge is 0.288 e. The molecule has 0 saturated carbocycles. The minimum Gasteiger partial charge on any atom is -0.304 e. The summed E-state index contributed by atoms with van der Waals surface area (Å²) in [6, 6.07) is 6.61. The number of pyridine rings is 1. The molecule has 0 unspecified atom stereocenters. The zero-order valence-corrected chi connectivity index (χ0v) is 11.0. The maximum atomic E-state index is 13.1. The Morgan fingerprint density at radius 3 is 2.76 bits per heavy atom. The quantitative estimate of drug-likeness (QED) is 0.639. The summed E-state index contributed by atoms with van der Waals surface area (Å²) < 4.78 is 14.2. The standard InChI is InChI=1S/C14H10FN3O3/c1-9-4-14(19)17(8-13(9)18(20)21)7-10-2-3-12(15)5-11(10)6-16/h2-5,8H,7H2,1H3. The van der Waals surface area contributed by atoms with Gasteiger partial charge < -0.3 is 4.57 Å². The van der Waals surface area contributed by atoms with Crippen LogP contribution in [0.5, 0.6) is 0 Å². The zero-order valence-electron chi connectivity index (χ0n) is 11.0. The lowest BCUT2D eigenvalue weighted by Crippen LogP contribution is -2.21. The van der Waals surface area contributed by atoms with E-state index < -0.39 is 16.3 Å². The van der Waals surface area contributed by atoms with Gasteiger partial charge in [-0.3, -0.25) is 14.9 Å². The van der Waals surface area contributed by atoms with Crippen LogP contribution in [0.25, 0.3) is 0 Å². The van der Waals surface area contributed by atoms with Crippen LogP contribution in [0, 0.1) is 34.2 Å². The number of hydrogen-bond acceptors (Lipinski definition) is 4. The van der Waals surface area contributed by atoms with E-state index in [1.807, 2.05) is 6.07 Å². The van der Waals surface area contributed by atoms with E-state index in [-0.39, 0.29) is 23.4 Å². The van der Waals surface area contributed by atoms with Crippen LogP contribution in [0.15, 0.2) is 35.3 Å². The SMILES string of the molecule is Cc1cc(=O)n(Cc2ccc(F)cc2C#N)cc1[N+](=O)[O-]. The highest BCUT2D eigenvalue weighted by atomic mass is 19.1. The number of halogens is 1. The molecule has 0 bridgehead atoms. The molecular weight excluding hydrogens is 277 g/mol. The van der Waals surface area contributed by atoms with Gasteiger partial charge in [-0.05, 0) is 24.6 Å². The van der Waals surface area contributed by atoms with Crippen molar-refractivity contribution in [2.75, 3.05) is 0 Å². The number of aromatic nitrogens is 1. The number of nitro groups is 1. The molecule has 0 aliphatic rings. The van der Waals surface area contributed by atoms with Crippen LogP contribution in [0.1, 0.15) is 16.7 Å². The Kier molecular flexibility index (Phi) is 3.80. The topological polar surface area (TPSA) is 88.9 Å². The van der Waals surface area contributed by atoms with Crippen LogP contribution in [0.2, 0.25) is 0 Å². The van der Waals surface area contributed by atoms with Gasteiger partial charge >= 0.3 is 0 Å². The fourth-order valence-corrected chi connectivity index (χ4v) is 1.94. The van der Waals surface area contributed by atoms with Gasteiger partial charge in [-0.25, -0.2) is 4.39 Å². The fourth-order valence-electron chi connectivity index (χ4n) is 1.94. The maximum Gasteiger partial charge on any atom is 0.288 e. The van der Waals surface area contributed by atoms with Crippen LogP contribution in [0.3, 0.4) is 0 Å². The molecule has 1 heterocycles. The second-order valence-corrected chi connectivity index (χ2v) is 4.48. The number of nitrogens with zero attached hydrogens (tertiary/aromatic N) is 3. The second-order valence-electron chi connectivity index (χ2n) is 4.48. The largest absolute Gasteiger partial charge is 0.304 e. The second kappa shape index (κ2) is 5.54. The van der Waals surface area contributed by atoms with Gasteiger partial charge in [0, 0.05) is 11.6 Å². The van der Waals surface area contributed by atoms with Crippen molar-refractivity contribution < 1.29 is 9.31 Å². The van der Waals surface area contributed by atoms with Crippen molar-refractivity contribution in [2.45, 2.75) is 13.5 Å². The van der Waals surface area contributed by atoms with Gasteiger partial charge in [-0.1, -0.05) is 6.07 Å². The highest BCUT2D eigenvalue weighted by molar-refractivity contribution is 5.39. The highest BCUT2D eigenvalue weighted by Gasteiger charge is 2.14. The lowest BCUT2D eigenvalue weighted by molar-refractivity contribution is -0.385. The summed E-state index contributed by atoms with van der Waals surface area (Å²) in [4.78, 5) is 22.2. The first-order valence-corrected chi connectivity index (χ1v) is 5.96. The van der Waals surface area contributed by atoms with Crippen molar-refractivity contribution in [1.29, 1.82) is 5.26 Å². The lowest BCUT2D eigenvalue weighted by Gasteiger charge is -2.08. The minimum atomic E-state index is -0.582. The van der Waals surface area contributed by atoms with Crippen LogP contribution in [-0.4, -0.2) is 9.49 Å². The van der Waals surface area contributed by atoms with E-state index in [9.17, 15) is 19.3 Å². The van der Waals surface area contributed by atoms with Crippen molar-refractivity contribution in [3.05, 3.63) is 73.4 Å². The third kappa shape index (κ3) is 2.95. The van der Waals surface area contributed by atoms with Gasteiger partial charge in [-0.2, -0.15) is 5.26 Å². The molecule has 2 aromatic rings. The summed E-state index contributed by atoms with van der Waals surface area (Å²) in [5, 5.41) is 19.9. The van der Waals surface area contributed by atoms with Crippen LogP contribution >= 0.6 is 0 Å². The Bertz CT molecular complexity index is 821. The monoisotopic (exact) mass is 287 g/mol. The van der Waals surface area contributed by atoms with Gasteiger partial charge in [0.2, 0.25) is 0 Å². The summed E-state index contributed by atoms with van der Waals surface area (Å²) in [6.07, 6.45) is 1.13. The zero-order chi connectivity index (χ0) is 15.6. The Hall–Kier alpha value is -3.01. The van der Waals surface area contributed by atoms with Crippen molar-refractivity contribution >= 4 is 5.69 Å². The molecule has 106 valence electrons. The molecule has 0 N–H and O–H groups in total. The Balaban J connectivity index is 2.50. The van der Waals surface area contributed by atoms with Gasteiger partial charge in [0.15, 0.2) is 0 Å². The van der Waals surface area contributed by atoms with Gasteiger partial charge in [0.25, 0.3) is 11.2 Å². The van der Waals surface area contributed by atoms with Crippen molar-refractivity contribution in [3.63, 3.8) is 0 Å². The molecule has 1 aromatic heterocycles. The average Bonchev–Trinajstić information content (AvgIpc) is 2.42. The van der Waals surface area contributed by atoms with Crippen molar-refractivity contribution in [1.82, 2.24) is 4.57 Å². The molecule has 0 saturated heterocycles. The summed E-state index contributed by atoms with van der Waals surface area (Å²) in [6.45, 7) is 1.44. The van der Waals surface area contributed by atoms with E-state index in [1.165, 1.54) is 19.1 Å². The summed E-state index contributed by atoms with van der Waals surface area (Å²) in [5.41, 5.74) is 0.159. The Morgan fingerprint density at radius 1 is 1.43 bits per heavy atom. The Morgan fingerprint density at radius 2 is 2.14 bits per heavy atom. The van der Waals surface area contributed by atoms with Crippen molar-refractivity contribution in [3.8, 4) is 6.07 Å². The van der Waals surface area contributed by atoms with Crippen LogP contribution < -0.4 is 5.56 Å². The Labute approximate surface area is 118 Å². The molecule has 0 aliphatic carbocycles. The molecule has 0 atom stereocenters. The molecule has 0 amide bonds. The summed E-state index contributed by atoms with van der Waals surface area (Å²) in [5.74, 6) is -0.558. The van der Waals surface area contributed by atoms with E-state index in [0.717, 1.165) is 22.9 Å². The summed E-state index contributed by atoms with van der Waals surface area (Å²) >= 11 is 0. The van der Waals surface area contributed by atoms with Crippen LogP contribution in [-0.2, 0) is 6.54 Å². The van der Waals surface area contributed by atoms with E-state index >= 15 is 0 Å². The molecule has 7 heteroatoms. The number of hydrogen-bond donors (Lipinski definition) is 0. The first-order valence-electron chi connectivity index (χ1n) is 5.96. The first kappa shape index (κ1) is 14.4. The van der Waals surface area contributed by atoms with E-state index in [4.69, 9.17) is 5.26 Å². The summed E-state index contributed by atoms with van der Waals surface area (Å²) in [7, 11) is 0. The van der Waals surface area contributed by atoms with Gasteiger partial charge in [-0.15, -0.1) is 0 Å². The molecule has 1 aromatic carbocycles. The number of aryl methyl sites for hydroxylation is 1. The highest BCUT2D eigenvalue weighted by Crippen LogP contribution is 2.16. The minimum absolute atomic E-state index is 0.0386. The molecule has 6 nitrogen and oxygen atoms in total. The molecule has 0 aliphatic heterocycles. The molecule has 0 spiro atoms. The number of rotatable bonds is 3. The molecule has 21 heavy (non-hydrogen) atoms. The van der Waals surface area contributed by atoms with Gasteiger partial charge in [0.1, 0.15) is 5.82 Å². The van der Waals surface area contributed by atoms with Crippen molar-refractivity contribution in [2.24, 2.45) is 0 Å². The number of benzene rings is 1. The molecule has 0 fully saturated rings. The molecular formula is C14H10FN3O3. The van der Waals surface area contributed by atoms with Gasteiger partial charge in [0.05, 0.1) is 29.3 Å². The average molecular weight is 287 g/mol. The number of nitriles is 1. The molecule has 2 rings (SSSR count). The first-order chi connectivity index (χ1) is 9.92.